The molecule has 1 aliphatic rings. The molecule has 25 heavy (non-hydrogen) atoms. The van der Waals surface area contributed by atoms with Gasteiger partial charge in [-0.05, 0) is 30.2 Å². The number of carbonyl (C=O) groups excluding carboxylic acids is 2. The maximum atomic E-state index is 12.3. The number of para-hydroxylation sites is 1. The van der Waals surface area contributed by atoms with Gasteiger partial charge < -0.3 is 15.3 Å². The number of hydrogen-bond acceptors (Lipinski definition) is 5. The number of nitrogens with one attached hydrogen (secondary N) is 1. The summed E-state index contributed by atoms with van der Waals surface area (Å²) < 4.78 is 0. The molecular weight excluding hydrogens is 326 g/mol. The molecule has 1 heterocycles. The molecule has 0 aromatic heterocycles. The normalized spacial score (nSPS) is 12.6. The summed E-state index contributed by atoms with van der Waals surface area (Å²) in [5.41, 5.74) is 1.35. The second kappa shape index (κ2) is 6.60. The van der Waals surface area contributed by atoms with Crippen LogP contribution >= 0.6 is 0 Å². The van der Waals surface area contributed by atoms with Crippen LogP contribution in [0.4, 0.5) is 11.4 Å². The number of rotatable bonds is 4. The van der Waals surface area contributed by atoms with E-state index in [9.17, 15) is 24.8 Å². The van der Waals surface area contributed by atoms with Gasteiger partial charge in [0.1, 0.15) is 0 Å². The molecule has 128 valence electrons. The molecule has 8 nitrogen and oxygen atoms in total. The first-order valence-corrected chi connectivity index (χ1v) is 7.61. The Bertz CT molecular complexity index is 865. The van der Waals surface area contributed by atoms with E-state index in [-0.39, 0.29) is 18.0 Å². The monoisotopic (exact) mass is 341 g/mol. The van der Waals surface area contributed by atoms with Gasteiger partial charge in [-0.3, -0.25) is 19.7 Å². The highest BCUT2D eigenvalue weighted by atomic mass is 16.6. The van der Waals surface area contributed by atoms with Gasteiger partial charge in [-0.2, -0.15) is 0 Å². The van der Waals surface area contributed by atoms with E-state index in [1.807, 2.05) is 24.3 Å². The zero-order valence-electron chi connectivity index (χ0n) is 13.1. The lowest BCUT2D eigenvalue weighted by molar-refractivity contribution is -0.385. The zero-order chi connectivity index (χ0) is 18.0. The van der Waals surface area contributed by atoms with E-state index in [1.54, 1.807) is 4.90 Å². The van der Waals surface area contributed by atoms with Crippen molar-refractivity contribution in [1.29, 1.82) is 0 Å². The second-order valence-corrected chi connectivity index (χ2v) is 5.57. The number of amides is 2. The number of nitro benzene ring substituents is 1. The van der Waals surface area contributed by atoms with E-state index in [4.69, 9.17) is 0 Å². The molecule has 0 fully saturated rings. The summed E-state index contributed by atoms with van der Waals surface area (Å²) in [6.45, 7) is 0.334. The van der Waals surface area contributed by atoms with Crippen molar-refractivity contribution in [2.24, 2.45) is 0 Å². The zero-order valence-corrected chi connectivity index (χ0v) is 13.1. The van der Waals surface area contributed by atoms with Crippen LogP contribution in [0.15, 0.2) is 42.5 Å². The Morgan fingerprint density at radius 2 is 2.00 bits per heavy atom. The van der Waals surface area contributed by atoms with Gasteiger partial charge in [0.05, 0.1) is 11.5 Å². The third kappa shape index (κ3) is 3.27. The standard InChI is InChI=1S/C17H15N3O5/c21-15-6-5-12(9-14(15)20(24)25)17(23)18-10-16(22)19-8-7-11-3-1-2-4-13(11)19/h1-6,9,21H,7-8,10H2,(H,18,23). The number of fused-ring (bicyclic) bond motifs is 1. The van der Waals surface area contributed by atoms with Crippen molar-refractivity contribution >= 4 is 23.2 Å². The van der Waals surface area contributed by atoms with Crippen LogP contribution in [-0.4, -0.2) is 34.9 Å². The Morgan fingerprint density at radius 1 is 1.24 bits per heavy atom. The molecule has 0 spiro atoms. The molecule has 2 aromatic carbocycles. The number of nitrogens with zero attached hydrogens (tertiary/aromatic N) is 2. The van der Waals surface area contributed by atoms with Gasteiger partial charge in [0.15, 0.2) is 5.75 Å². The fraction of sp³-hybridized carbons (Fsp3) is 0.176. The van der Waals surface area contributed by atoms with Gasteiger partial charge in [0.25, 0.3) is 5.91 Å². The molecule has 2 amide bonds. The fourth-order valence-electron chi connectivity index (χ4n) is 2.76. The number of nitro groups is 1. The summed E-state index contributed by atoms with van der Waals surface area (Å²) >= 11 is 0. The number of aromatic hydroxyl groups is 1. The largest absolute Gasteiger partial charge is 0.502 e. The molecule has 2 aromatic rings. The second-order valence-electron chi connectivity index (χ2n) is 5.57. The van der Waals surface area contributed by atoms with Crippen molar-refractivity contribution in [3.05, 3.63) is 63.7 Å². The summed E-state index contributed by atoms with van der Waals surface area (Å²) in [6, 6.07) is 10.9. The van der Waals surface area contributed by atoms with Crippen LogP contribution in [0, 0.1) is 10.1 Å². The first-order valence-electron chi connectivity index (χ1n) is 7.61. The van der Waals surface area contributed by atoms with Gasteiger partial charge >= 0.3 is 5.69 Å². The average molecular weight is 341 g/mol. The first-order chi connectivity index (χ1) is 12.0. The summed E-state index contributed by atoms with van der Waals surface area (Å²) in [5, 5.41) is 22.7. The van der Waals surface area contributed by atoms with Crippen LogP contribution < -0.4 is 10.2 Å². The predicted octanol–water partition coefficient (Wildman–Crippen LogP) is 1.62. The van der Waals surface area contributed by atoms with Crippen molar-refractivity contribution in [2.45, 2.75) is 6.42 Å². The fourth-order valence-corrected chi connectivity index (χ4v) is 2.76. The average Bonchev–Trinajstić information content (AvgIpc) is 3.03. The molecule has 0 radical (unpaired) electrons. The van der Waals surface area contributed by atoms with Crippen LogP contribution in [0.1, 0.15) is 15.9 Å². The van der Waals surface area contributed by atoms with Crippen molar-refractivity contribution in [3.8, 4) is 5.75 Å². The molecule has 3 rings (SSSR count). The summed E-state index contributed by atoms with van der Waals surface area (Å²) in [6.07, 6.45) is 0.764. The van der Waals surface area contributed by atoms with E-state index in [0.717, 1.165) is 29.8 Å². The third-order valence-corrected chi connectivity index (χ3v) is 4.02. The molecule has 0 atom stereocenters. The molecule has 8 heteroatoms. The Morgan fingerprint density at radius 3 is 2.76 bits per heavy atom. The van der Waals surface area contributed by atoms with Gasteiger partial charge in [0, 0.05) is 23.9 Å². The molecule has 0 saturated carbocycles. The summed E-state index contributed by atoms with van der Waals surface area (Å²) in [7, 11) is 0. The predicted molar refractivity (Wildman–Crippen MR) is 89.6 cm³/mol. The maximum Gasteiger partial charge on any atom is 0.311 e. The minimum atomic E-state index is -0.779. The van der Waals surface area contributed by atoms with Crippen LogP contribution in [0.25, 0.3) is 0 Å². The minimum Gasteiger partial charge on any atom is -0.502 e. The molecular formula is C17H15N3O5. The maximum absolute atomic E-state index is 12.3. The number of anilines is 1. The Labute approximate surface area is 142 Å². The highest BCUT2D eigenvalue weighted by molar-refractivity contribution is 6.01. The van der Waals surface area contributed by atoms with Gasteiger partial charge in [-0.25, -0.2) is 0 Å². The number of benzene rings is 2. The third-order valence-electron chi connectivity index (χ3n) is 4.02. The van der Waals surface area contributed by atoms with Crippen LogP contribution in [0.3, 0.4) is 0 Å². The SMILES string of the molecule is O=C(NCC(=O)N1CCc2ccccc21)c1ccc(O)c([N+](=O)[O-])c1. The van der Waals surface area contributed by atoms with Gasteiger partial charge in [-0.1, -0.05) is 18.2 Å². The molecule has 0 saturated heterocycles. The molecule has 1 aliphatic heterocycles. The number of carbonyl (C=O) groups is 2. The number of hydrogen-bond donors (Lipinski definition) is 2. The molecule has 2 N–H and O–H groups in total. The highest BCUT2D eigenvalue weighted by Crippen LogP contribution is 2.28. The Hall–Kier alpha value is -3.42. The van der Waals surface area contributed by atoms with E-state index in [1.165, 1.54) is 6.07 Å². The smallest absolute Gasteiger partial charge is 0.311 e. The van der Waals surface area contributed by atoms with Crippen molar-refractivity contribution < 1.29 is 19.6 Å². The number of phenols is 1. The van der Waals surface area contributed by atoms with Crippen LogP contribution in [0.2, 0.25) is 0 Å². The summed E-state index contributed by atoms with van der Waals surface area (Å²) in [4.78, 5) is 36.1. The van der Waals surface area contributed by atoms with E-state index in [2.05, 4.69) is 5.32 Å². The minimum absolute atomic E-state index is 0.000813. The topological polar surface area (TPSA) is 113 Å². The number of phenolic OH excluding ortho intramolecular Hbond substituents is 1. The van der Waals surface area contributed by atoms with Crippen LogP contribution in [0.5, 0.6) is 5.75 Å². The van der Waals surface area contributed by atoms with E-state index < -0.39 is 22.3 Å². The molecule has 0 bridgehead atoms. The molecule has 0 aliphatic carbocycles. The van der Waals surface area contributed by atoms with Crippen molar-refractivity contribution in [2.75, 3.05) is 18.0 Å². The van der Waals surface area contributed by atoms with Gasteiger partial charge in [0.2, 0.25) is 5.91 Å². The van der Waals surface area contributed by atoms with E-state index in [0.29, 0.717) is 6.54 Å². The summed E-state index contributed by atoms with van der Waals surface area (Å²) in [5.74, 6) is -1.40. The lowest BCUT2D eigenvalue weighted by atomic mass is 10.1. The Kier molecular flexibility index (Phi) is 4.34. The first kappa shape index (κ1) is 16.4. The highest BCUT2D eigenvalue weighted by Gasteiger charge is 2.24. The van der Waals surface area contributed by atoms with E-state index >= 15 is 0 Å². The molecule has 0 unspecified atom stereocenters. The lowest BCUT2D eigenvalue weighted by Crippen LogP contribution is -2.39. The quantitative estimate of drug-likeness (QED) is 0.648. The Balaban J connectivity index is 1.66. The van der Waals surface area contributed by atoms with Crippen LogP contribution in [-0.2, 0) is 11.2 Å². The van der Waals surface area contributed by atoms with Gasteiger partial charge in [-0.15, -0.1) is 0 Å². The van der Waals surface area contributed by atoms with Crippen molar-refractivity contribution in [1.82, 2.24) is 5.32 Å². The van der Waals surface area contributed by atoms with Crippen molar-refractivity contribution in [3.63, 3.8) is 0 Å². The lowest BCUT2D eigenvalue weighted by Gasteiger charge is -2.17.